The van der Waals surface area contributed by atoms with Crippen LogP contribution in [0.15, 0.2) is 41.8 Å². The first kappa shape index (κ1) is 15.9. The molecule has 0 saturated heterocycles. The van der Waals surface area contributed by atoms with Crippen molar-refractivity contribution in [2.24, 2.45) is 0 Å². The van der Waals surface area contributed by atoms with Crippen molar-refractivity contribution in [3.05, 3.63) is 52.2 Å². The Bertz CT molecular complexity index is 677. The quantitative estimate of drug-likeness (QED) is 0.860. The van der Waals surface area contributed by atoms with Gasteiger partial charge in [0.15, 0.2) is 11.9 Å². The molecule has 0 radical (unpaired) electrons. The Morgan fingerprint density at radius 3 is 2.36 bits per heavy atom. The highest BCUT2D eigenvalue weighted by Crippen LogP contribution is 2.15. The number of carbonyl (C=O) groups is 3. The van der Waals surface area contributed by atoms with E-state index in [9.17, 15) is 14.4 Å². The Morgan fingerprint density at radius 2 is 1.82 bits per heavy atom. The topological polar surface area (TPSA) is 72.5 Å². The Hall–Kier alpha value is -2.47. The number of thiophene rings is 1. The zero-order chi connectivity index (χ0) is 16.1. The van der Waals surface area contributed by atoms with E-state index >= 15 is 0 Å². The van der Waals surface area contributed by atoms with Crippen LogP contribution in [0, 0.1) is 0 Å². The zero-order valence-corrected chi connectivity index (χ0v) is 13.0. The first-order valence-corrected chi connectivity index (χ1v) is 7.51. The number of rotatable bonds is 5. The summed E-state index contributed by atoms with van der Waals surface area (Å²) in [6.07, 6.45) is -0.772. The summed E-state index contributed by atoms with van der Waals surface area (Å²) in [5.74, 6) is -0.984. The van der Waals surface area contributed by atoms with Gasteiger partial charge in [0.2, 0.25) is 0 Å². The molecule has 0 aliphatic carbocycles. The molecule has 1 aromatic carbocycles. The van der Waals surface area contributed by atoms with Crippen LogP contribution < -0.4 is 5.32 Å². The van der Waals surface area contributed by atoms with Gasteiger partial charge in [-0.25, -0.2) is 4.79 Å². The van der Waals surface area contributed by atoms with Crippen LogP contribution in [0.4, 0.5) is 5.69 Å². The molecule has 0 saturated carbocycles. The van der Waals surface area contributed by atoms with E-state index in [0.29, 0.717) is 16.1 Å². The summed E-state index contributed by atoms with van der Waals surface area (Å²) in [6, 6.07) is 9.84. The number of ether oxygens (including phenoxy) is 1. The molecule has 5 nitrogen and oxygen atoms in total. The minimum atomic E-state index is -0.772. The summed E-state index contributed by atoms with van der Waals surface area (Å²) in [7, 11) is 0. The van der Waals surface area contributed by atoms with E-state index in [1.807, 2.05) is 5.38 Å². The van der Waals surface area contributed by atoms with Crippen LogP contribution in [-0.4, -0.2) is 23.8 Å². The molecule has 0 aliphatic heterocycles. The normalized spacial score (nSPS) is 11.5. The summed E-state index contributed by atoms with van der Waals surface area (Å²) in [4.78, 5) is 35.4. The maximum atomic E-state index is 11.9. The van der Waals surface area contributed by atoms with Crippen molar-refractivity contribution < 1.29 is 19.1 Å². The van der Waals surface area contributed by atoms with Gasteiger partial charge < -0.3 is 10.1 Å². The summed E-state index contributed by atoms with van der Waals surface area (Å²) in [5, 5.41) is 4.56. The second kappa shape index (κ2) is 7.00. The number of benzene rings is 1. The molecular formula is C16H15NO4S. The van der Waals surface area contributed by atoms with Crippen LogP contribution in [0.3, 0.4) is 0 Å². The standard InChI is InChI=1S/C16H15NO4S/c1-10(18)11(2)21-16(20)12-5-7-13(8-6-12)17-15(19)14-4-3-9-22-14/h3-9,11H,1-2H3,(H,17,19). The lowest BCUT2D eigenvalue weighted by atomic mass is 10.2. The Kier molecular flexibility index (Phi) is 5.06. The predicted molar refractivity (Wildman–Crippen MR) is 84.3 cm³/mol. The summed E-state index contributed by atoms with van der Waals surface area (Å²) in [5.41, 5.74) is 0.900. The lowest BCUT2D eigenvalue weighted by Gasteiger charge is -2.10. The van der Waals surface area contributed by atoms with Gasteiger partial charge in [0, 0.05) is 5.69 Å². The third-order valence-corrected chi connectivity index (χ3v) is 3.85. The van der Waals surface area contributed by atoms with Crippen molar-refractivity contribution in [3.8, 4) is 0 Å². The largest absolute Gasteiger partial charge is 0.451 e. The predicted octanol–water partition coefficient (Wildman–Crippen LogP) is 3.13. The van der Waals surface area contributed by atoms with Crippen LogP contribution in [0.5, 0.6) is 0 Å². The average Bonchev–Trinajstić information content (AvgIpc) is 3.02. The number of nitrogens with one attached hydrogen (secondary N) is 1. The van der Waals surface area contributed by atoms with Crippen molar-refractivity contribution in [2.75, 3.05) is 5.32 Å². The molecule has 114 valence electrons. The third-order valence-electron chi connectivity index (χ3n) is 2.98. The van der Waals surface area contributed by atoms with Gasteiger partial charge in [-0.05, 0) is 49.6 Å². The van der Waals surface area contributed by atoms with E-state index in [-0.39, 0.29) is 11.7 Å². The SMILES string of the molecule is CC(=O)C(C)OC(=O)c1ccc(NC(=O)c2cccs2)cc1. The molecule has 1 N–H and O–H groups in total. The number of ketones is 1. The molecule has 1 aromatic heterocycles. The number of esters is 1. The lowest BCUT2D eigenvalue weighted by molar-refractivity contribution is -0.124. The number of Topliss-reactive ketones (excluding diaryl/α,β-unsaturated/α-hetero) is 1. The van der Waals surface area contributed by atoms with E-state index in [1.54, 1.807) is 36.4 Å². The zero-order valence-electron chi connectivity index (χ0n) is 12.2. The Balaban J connectivity index is 1.99. The number of amides is 1. The fourth-order valence-corrected chi connectivity index (χ4v) is 2.22. The fraction of sp³-hybridized carbons (Fsp3) is 0.188. The van der Waals surface area contributed by atoms with Crippen LogP contribution >= 0.6 is 11.3 Å². The second-order valence-electron chi connectivity index (χ2n) is 4.67. The molecule has 1 atom stereocenters. The minimum absolute atomic E-state index is 0.199. The van der Waals surface area contributed by atoms with Gasteiger partial charge in [0.05, 0.1) is 10.4 Å². The monoisotopic (exact) mass is 317 g/mol. The molecule has 2 rings (SSSR count). The number of hydrogen-bond acceptors (Lipinski definition) is 5. The maximum absolute atomic E-state index is 11.9. The van der Waals surface area contributed by atoms with Crippen molar-refractivity contribution >= 4 is 34.7 Å². The highest BCUT2D eigenvalue weighted by atomic mass is 32.1. The molecule has 6 heteroatoms. The first-order valence-electron chi connectivity index (χ1n) is 6.63. The van der Waals surface area contributed by atoms with E-state index in [1.165, 1.54) is 25.2 Å². The average molecular weight is 317 g/mol. The van der Waals surface area contributed by atoms with Gasteiger partial charge >= 0.3 is 5.97 Å². The van der Waals surface area contributed by atoms with E-state index in [4.69, 9.17) is 4.74 Å². The van der Waals surface area contributed by atoms with Crippen molar-refractivity contribution in [1.82, 2.24) is 0 Å². The van der Waals surface area contributed by atoms with Crippen molar-refractivity contribution in [1.29, 1.82) is 0 Å². The van der Waals surface area contributed by atoms with Crippen LogP contribution in [0.1, 0.15) is 33.9 Å². The first-order chi connectivity index (χ1) is 10.5. The maximum Gasteiger partial charge on any atom is 0.338 e. The van der Waals surface area contributed by atoms with Gasteiger partial charge in [0.25, 0.3) is 5.91 Å². The van der Waals surface area contributed by atoms with Crippen LogP contribution in [0.2, 0.25) is 0 Å². The van der Waals surface area contributed by atoms with E-state index in [0.717, 1.165) is 0 Å². The molecule has 1 amide bonds. The number of hydrogen-bond donors (Lipinski definition) is 1. The Labute approximate surface area is 131 Å². The summed E-state index contributed by atoms with van der Waals surface area (Å²) >= 11 is 1.35. The Morgan fingerprint density at radius 1 is 1.14 bits per heavy atom. The van der Waals surface area contributed by atoms with Crippen molar-refractivity contribution in [3.63, 3.8) is 0 Å². The van der Waals surface area contributed by atoms with Gasteiger partial charge in [-0.2, -0.15) is 0 Å². The smallest absolute Gasteiger partial charge is 0.338 e. The molecular weight excluding hydrogens is 302 g/mol. The lowest BCUT2D eigenvalue weighted by Crippen LogP contribution is -2.21. The van der Waals surface area contributed by atoms with Crippen molar-refractivity contribution in [2.45, 2.75) is 20.0 Å². The molecule has 1 heterocycles. The van der Waals surface area contributed by atoms with Gasteiger partial charge in [-0.15, -0.1) is 11.3 Å². The molecule has 0 fully saturated rings. The summed E-state index contributed by atoms with van der Waals surface area (Å²) in [6.45, 7) is 2.89. The number of anilines is 1. The molecule has 0 spiro atoms. The van der Waals surface area contributed by atoms with Crippen LogP contribution in [0.25, 0.3) is 0 Å². The van der Waals surface area contributed by atoms with E-state index < -0.39 is 12.1 Å². The molecule has 0 bridgehead atoms. The second-order valence-corrected chi connectivity index (χ2v) is 5.61. The fourth-order valence-electron chi connectivity index (χ4n) is 1.60. The molecule has 1 unspecified atom stereocenters. The van der Waals surface area contributed by atoms with Gasteiger partial charge in [-0.1, -0.05) is 6.07 Å². The third kappa shape index (κ3) is 4.02. The molecule has 2 aromatic rings. The highest BCUT2D eigenvalue weighted by molar-refractivity contribution is 7.12. The molecule has 0 aliphatic rings. The minimum Gasteiger partial charge on any atom is -0.451 e. The highest BCUT2D eigenvalue weighted by Gasteiger charge is 2.15. The van der Waals surface area contributed by atoms with E-state index in [2.05, 4.69) is 5.32 Å². The van der Waals surface area contributed by atoms with Gasteiger partial charge in [0.1, 0.15) is 0 Å². The van der Waals surface area contributed by atoms with Crippen LogP contribution in [-0.2, 0) is 9.53 Å². The summed E-state index contributed by atoms with van der Waals surface area (Å²) < 4.78 is 5.00. The molecule has 22 heavy (non-hydrogen) atoms. The van der Waals surface area contributed by atoms with Gasteiger partial charge in [-0.3, -0.25) is 9.59 Å². The number of carbonyl (C=O) groups excluding carboxylic acids is 3.